The van der Waals surface area contributed by atoms with Crippen LogP contribution in [0.4, 0.5) is 8.78 Å². The van der Waals surface area contributed by atoms with E-state index in [-0.39, 0.29) is 33.6 Å². The third-order valence-corrected chi connectivity index (χ3v) is 7.24. The molecule has 0 aliphatic carbocycles. The Morgan fingerprint density at radius 3 is 2.50 bits per heavy atom. The zero-order valence-electron chi connectivity index (χ0n) is 18.6. The number of carbonyl (C=O) groups excluding carboxylic acids is 1. The Balaban J connectivity index is 1.31. The van der Waals surface area contributed by atoms with Gasteiger partial charge in [0.25, 0.3) is 5.91 Å². The summed E-state index contributed by atoms with van der Waals surface area (Å²) in [5.41, 5.74) is 2.34. The summed E-state index contributed by atoms with van der Waals surface area (Å²) in [6, 6.07) is 17.1. The molecule has 5 rings (SSSR count). The van der Waals surface area contributed by atoms with Crippen molar-refractivity contribution >= 4 is 26.6 Å². The van der Waals surface area contributed by atoms with Crippen molar-refractivity contribution in [2.45, 2.75) is 16.5 Å². The third-order valence-electron chi connectivity index (χ3n) is 5.57. The Morgan fingerprint density at radius 1 is 0.944 bits per heavy atom. The molecule has 0 saturated carbocycles. The van der Waals surface area contributed by atoms with E-state index in [0.717, 1.165) is 23.0 Å². The number of carbonyl (C=O) groups is 1. The molecule has 2 aromatic carbocycles. The summed E-state index contributed by atoms with van der Waals surface area (Å²) < 4.78 is 53.1. The van der Waals surface area contributed by atoms with Crippen LogP contribution in [-0.4, -0.2) is 29.3 Å². The van der Waals surface area contributed by atoms with E-state index in [1.165, 1.54) is 36.4 Å². The highest BCUT2D eigenvalue weighted by Crippen LogP contribution is 2.24. The molecule has 0 bridgehead atoms. The summed E-state index contributed by atoms with van der Waals surface area (Å²) in [5.74, 6) is -2.36. The first-order valence-electron chi connectivity index (χ1n) is 10.8. The van der Waals surface area contributed by atoms with Crippen LogP contribution in [0.1, 0.15) is 16.1 Å². The van der Waals surface area contributed by atoms with E-state index in [1.807, 2.05) is 0 Å². The number of nitrogens with one attached hydrogen (secondary N) is 2. The maximum absolute atomic E-state index is 13.6. The molecule has 2 N–H and O–H groups in total. The average Bonchev–Trinajstić information content (AvgIpc) is 3.34. The normalized spacial score (nSPS) is 11.5. The standard InChI is InChI=1S/C26H18F2N4O3S/c27-20-9-6-17(12-21(20)28)22-2-1-3-25(32-22)36(34,35)19-7-4-16(5-8-19)14-30-26(33)24-13-18-15-29-11-10-23(18)31-24/h1-13,15,31H,14H2,(H,30,33). The number of halogens is 2. The van der Waals surface area contributed by atoms with Gasteiger partial charge in [-0.25, -0.2) is 22.2 Å². The van der Waals surface area contributed by atoms with E-state index in [2.05, 4.69) is 20.3 Å². The van der Waals surface area contributed by atoms with Gasteiger partial charge in [-0.05, 0) is 60.2 Å². The molecule has 36 heavy (non-hydrogen) atoms. The molecule has 0 spiro atoms. The van der Waals surface area contributed by atoms with Gasteiger partial charge in [0, 0.05) is 35.4 Å². The molecule has 0 fully saturated rings. The Morgan fingerprint density at radius 2 is 1.75 bits per heavy atom. The van der Waals surface area contributed by atoms with Crippen molar-refractivity contribution in [3.8, 4) is 11.3 Å². The fourth-order valence-electron chi connectivity index (χ4n) is 3.66. The first-order valence-corrected chi connectivity index (χ1v) is 12.3. The third kappa shape index (κ3) is 4.58. The predicted molar refractivity (Wildman–Crippen MR) is 129 cm³/mol. The van der Waals surface area contributed by atoms with Crippen LogP contribution >= 0.6 is 0 Å². The number of aromatic amines is 1. The van der Waals surface area contributed by atoms with Gasteiger partial charge in [-0.1, -0.05) is 18.2 Å². The fraction of sp³-hybridized carbons (Fsp3) is 0.0385. The number of hydrogen-bond donors (Lipinski definition) is 2. The molecular formula is C26H18F2N4O3S. The number of H-pyrrole nitrogens is 1. The van der Waals surface area contributed by atoms with Crippen molar-refractivity contribution in [2.24, 2.45) is 0 Å². The maximum atomic E-state index is 13.6. The number of aromatic nitrogens is 3. The minimum absolute atomic E-state index is 0.00984. The quantitative estimate of drug-likeness (QED) is 0.350. The van der Waals surface area contributed by atoms with E-state index in [4.69, 9.17) is 0 Å². The van der Waals surface area contributed by atoms with Gasteiger partial charge < -0.3 is 10.3 Å². The molecular weight excluding hydrogens is 486 g/mol. The summed E-state index contributed by atoms with van der Waals surface area (Å²) in [4.78, 5) is 23.7. The van der Waals surface area contributed by atoms with Crippen molar-refractivity contribution < 1.29 is 22.0 Å². The number of benzene rings is 2. The molecule has 180 valence electrons. The Kier molecular flexibility index (Phi) is 6.03. The number of sulfone groups is 1. The van der Waals surface area contributed by atoms with E-state index in [1.54, 1.807) is 36.7 Å². The Labute approximate surface area is 204 Å². The van der Waals surface area contributed by atoms with Crippen molar-refractivity contribution in [3.63, 3.8) is 0 Å². The van der Waals surface area contributed by atoms with Crippen molar-refractivity contribution in [1.82, 2.24) is 20.3 Å². The van der Waals surface area contributed by atoms with Crippen LogP contribution in [0.2, 0.25) is 0 Å². The number of pyridine rings is 2. The number of fused-ring (bicyclic) bond motifs is 1. The lowest BCUT2D eigenvalue weighted by atomic mass is 10.1. The molecule has 10 heteroatoms. The monoisotopic (exact) mass is 504 g/mol. The van der Waals surface area contributed by atoms with Crippen molar-refractivity contribution in [2.75, 3.05) is 0 Å². The van der Waals surface area contributed by atoms with E-state index in [0.29, 0.717) is 11.3 Å². The van der Waals surface area contributed by atoms with Gasteiger partial charge >= 0.3 is 0 Å². The van der Waals surface area contributed by atoms with Gasteiger partial charge in [0.05, 0.1) is 10.6 Å². The number of hydrogen-bond acceptors (Lipinski definition) is 5. The van der Waals surface area contributed by atoms with Crippen LogP contribution in [0.3, 0.4) is 0 Å². The summed E-state index contributed by atoms with van der Waals surface area (Å²) in [6.07, 6.45) is 3.29. The maximum Gasteiger partial charge on any atom is 0.267 e. The van der Waals surface area contributed by atoms with Gasteiger partial charge in [-0.3, -0.25) is 9.78 Å². The molecule has 3 aromatic heterocycles. The summed E-state index contributed by atoms with van der Waals surface area (Å²) in [6.45, 7) is 0.191. The number of rotatable bonds is 6. The average molecular weight is 505 g/mol. The van der Waals surface area contributed by atoms with E-state index < -0.39 is 21.5 Å². The second-order valence-corrected chi connectivity index (χ2v) is 9.86. The van der Waals surface area contributed by atoms with Crippen molar-refractivity contribution in [3.05, 3.63) is 108 Å². The molecule has 0 saturated heterocycles. The summed E-state index contributed by atoms with van der Waals surface area (Å²) in [5, 5.41) is 3.39. The lowest BCUT2D eigenvalue weighted by molar-refractivity contribution is 0.0946. The van der Waals surface area contributed by atoms with Crippen LogP contribution in [-0.2, 0) is 16.4 Å². The minimum Gasteiger partial charge on any atom is -0.350 e. The predicted octanol–water partition coefficient (Wildman–Crippen LogP) is 4.67. The topological polar surface area (TPSA) is 105 Å². The molecule has 0 radical (unpaired) electrons. The Bertz CT molecular complexity index is 1670. The first-order chi connectivity index (χ1) is 17.3. The van der Waals surface area contributed by atoms with Crippen LogP contribution in [0.25, 0.3) is 22.2 Å². The molecule has 7 nitrogen and oxygen atoms in total. The molecule has 0 aliphatic rings. The van der Waals surface area contributed by atoms with Gasteiger partial charge in [0.15, 0.2) is 16.7 Å². The minimum atomic E-state index is -3.97. The zero-order valence-corrected chi connectivity index (χ0v) is 19.4. The first kappa shape index (κ1) is 23.3. The fourth-order valence-corrected chi connectivity index (χ4v) is 4.87. The van der Waals surface area contributed by atoms with Gasteiger partial charge in [0.2, 0.25) is 9.84 Å². The van der Waals surface area contributed by atoms with Crippen molar-refractivity contribution in [1.29, 1.82) is 0 Å². The molecule has 1 amide bonds. The summed E-state index contributed by atoms with van der Waals surface area (Å²) >= 11 is 0. The van der Waals surface area contributed by atoms with Crippen LogP contribution in [0.15, 0.2) is 95.1 Å². The van der Waals surface area contributed by atoms with Crippen LogP contribution in [0, 0.1) is 11.6 Å². The highest BCUT2D eigenvalue weighted by Gasteiger charge is 2.20. The zero-order chi connectivity index (χ0) is 25.3. The number of nitrogens with zero attached hydrogens (tertiary/aromatic N) is 2. The van der Waals surface area contributed by atoms with Gasteiger partial charge in [0.1, 0.15) is 5.69 Å². The summed E-state index contributed by atoms with van der Waals surface area (Å²) in [7, 11) is -3.97. The highest BCUT2D eigenvalue weighted by molar-refractivity contribution is 7.91. The molecule has 0 unspecified atom stereocenters. The van der Waals surface area contributed by atoms with Gasteiger partial charge in [-0.15, -0.1) is 0 Å². The second kappa shape index (κ2) is 9.31. The number of amides is 1. The smallest absolute Gasteiger partial charge is 0.267 e. The van der Waals surface area contributed by atoms with E-state index >= 15 is 0 Å². The highest BCUT2D eigenvalue weighted by atomic mass is 32.2. The van der Waals surface area contributed by atoms with Crippen LogP contribution < -0.4 is 5.32 Å². The molecule has 3 heterocycles. The SMILES string of the molecule is O=C(NCc1ccc(S(=O)(=O)c2cccc(-c3ccc(F)c(F)c3)n2)cc1)c1cc2cnccc2[nH]1. The Hall–Kier alpha value is -4.44. The lowest BCUT2D eigenvalue weighted by Crippen LogP contribution is -2.23. The lowest BCUT2D eigenvalue weighted by Gasteiger charge is -2.08. The van der Waals surface area contributed by atoms with Gasteiger partial charge in [-0.2, -0.15) is 0 Å². The largest absolute Gasteiger partial charge is 0.350 e. The molecule has 0 aliphatic heterocycles. The second-order valence-electron chi connectivity index (χ2n) is 7.97. The molecule has 5 aromatic rings. The van der Waals surface area contributed by atoms with E-state index in [9.17, 15) is 22.0 Å². The molecule has 0 atom stereocenters. The van der Waals surface area contributed by atoms with Crippen LogP contribution in [0.5, 0.6) is 0 Å².